The molecule has 4 rings (SSSR count). The molecule has 0 aliphatic rings. The van der Waals surface area contributed by atoms with Crippen molar-refractivity contribution >= 4 is 62.0 Å². The van der Waals surface area contributed by atoms with Gasteiger partial charge in [-0.05, 0) is 81.9 Å². The fourth-order valence-electron chi connectivity index (χ4n) is 3.31. The standard InChI is InChI=1S/C13H12N2O2S.C12H13NO2S.C2H6O.CH2O.CH4/c1-3-17-13(16)10(7-14)12-9-6-8(2)4-5-11(9)18-15-12;1-3-15-12(14)7-10-9-6-8(2)4-5-11(9)16-13-10;1-2-3;1-2;/h4-6,10H,3H2,1-2H3;4-6H,3,7H2,1-2H3;3H,2H2,1H3;1H2;1H4. The third-order valence-electron chi connectivity index (χ3n) is 4.90. The number of aromatic nitrogens is 2. The van der Waals surface area contributed by atoms with Crippen molar-refractivity contribution in [2.24, 2.45) is 0 Å². The van der Waals surface area contributed by atoms with E-state index >= 15 is 0 Å². The van der Waals surface area contributed by atoms with Crippen molar-refractivity contribution in [1.82, 2.24) is 8.75 Å². The topological polar surface area (TPSA) is 139 Å². The number of rotatable bonds is 6. The summed E-state index contributed by atoms with van der Waals surface area (Å²) in [6.07, 6.45) is 0.261. The Labute approximate surface area is 243 Å². The van der Waals surface area contributed by atoms with Gasteiger partial charge in [-0.1, -0.05) is 30.7 Å². The zero-order valence-corrected chi connectivity index (χ0v) is 24.4. The van der Waals surface area contributed by atoms with Crippen molar-refractivity contribution in [3.05, 3.63) is 58.9 Å². The number of carbonyl (C=O) groups is 3. The largest absolute Gasteiger partial charge is 0.466 e. The lowest BCUT2D eigenvalue weighted by atomic mass is 10.0. The van der Waals surface area contributed by atoms with E-state index in [-0.39, 0.29) is 33.0 Å². The number of hydrogen-bond acceptors (Lipinski definition) is 11. The predicted octanol–water partition coefficient (Wildman–Crippen LogP) is 5.94. The number of benzene rings is 2. The summed E-state index contributed by atoms with van der Waals surface area (Å²) in [6.45, 7) is 12.1. The first-order chi connectivity index (χ1) is 18.8. The van der Waals surface area contributed by atoms with Crippen molar-refractivity contribution in [2.45, 2.75) is 54.4 Å². The molecule has 0 spiro atoms. The lowest BCUT2D eigenvalue weighted by molar-refractivity contribution is -0.144. The number of carbonyl (C=O) groups excluding carboxylic acids is 3. The van der Waals surface area contributed by atoms with Crippen molar-refractivity contribution in [1.29, 1.82) is 5.26 Å². The number of esters is 2. The summed E-state index contributed by atoms with van der Waals surface area (Å²) in [5, 5.41) is 18.6. The molecule has 1 atom stereocenters. The van der Waals surface area contributed by atoms with Gasteiger partial charge in [0.25, 0.3) is 0 Å². The molecule has 1 unspecified atom stereocenters. The molecule has 9 nitrogen and oxygen atoms in total. The van der Waals surface area contributed by atoms with Gasteiger partial charge in [0, 0.05) is 17.4 Å². The Hall–Kier alpha value is -3.72. The minimum absolute atomic E-state index is 0. The second-order valence-corrected chi connectivity index (χ2v) is 9.42. The van der Waals surface area contributed by atoms with Crippen LogP contribution < -0.4 is 0 Å². The third kappa shape index (κ3) is 10.4. The van der Waals surface area contributed by atoms with Gasteiger partial charge in [-0.2, -0.15) is 14.0 Å². The summed E-state index contributed by atoms with van der Waals surface area (Å²) in [4.78, 5) is 31.1. The molecule has 0 bridgehead atoms. The third-order valence-corrected chi connectivity index (χ3v) is 6.60. The zero-order chi connectivity index (χ0) is 29.4. The Balaban J connectivity index is 0.000000644. The predicted molar refractivity (Wildman–Crippen MR) is 161 cm³/mol. The number of aliphatic hydroxyl groups is 1. The molecule has 0 aliphatic heterocycles. The summed E-state index contributed by atoms with van der Waals surface area (Å²) in [6, 6.07) is 14.0. The van der Waals surface area contributed by atoms with Crippen molar-refractivity contribution in [3.8, 4) is 6.07 Å². The molecule has 216 valence electrons. The fraction of sp³-hybridized carbons (Fsp3) is 0.379. The Bertz CT molecular complexity index is 1390. The summed E-state index contributed by atoms with van der Waals surface area (Å²) >= 11 is 2.72. The minimum atomic E-state index is -0.944. The smallest absolute Gasteiger partial charge is 0.329 e. The Morgan fingerprint density at radius 2 is 1.45 bits per heavy atom. The van der Waals surface area contributed by atoms with Crippen molar-refractivity contribution in [2.75, 3.05) is 19.8 Å². The van der Waals surface area contributed by atoms with E-state index in [1.54, 1.807) is 20.8 Å². The maximum Gasteiger partial charge on any atom is 0.329 e. The van der Waals surface area contributed by atoms with Crippen molar-refractivity contribution in [3.63, 3.8) is 0 Å². The van der Waals surface area contributed by atoms with Gasteiger partial charge < -0.3 is 19.4 Å². The second-order valence-electron chi connectivity index (χ2n) is 7.81. The van der Waals surface area contributed by atoms with E-state index in [1.807, 2.05) is 51.0 Å². The number of nitriles is 1. The van der Waals surface area contributed by atoms with Gasteiger partial charge >= 0.3 is 11.9 Å². The molecule has 2 heterocycles. The number of hydrogen-bond donors (Lipinski definition) is 1. The molecule has 0 aliphatic carbocycles. The van der Waals surface area contributed by atoms with Crippen LogP contribution in [0.15, 0.2) is 36.4 Å². The van der Waals surface area contributed by atoms with E-state index in [0.29, 0.717) is 12.3 Å². The number of ether oxygens (including phenoxy) is 2. The minimum Gasteiger partial charge on any atom is -0.466 e. The highest BCUT2D eigenvalue weighted by atomic mass is 32.1. The normalized spacial score (nSPS) is 10.2. The molecule has 2 aromatic carbocycles. The Kier molecular flexibility index (Phi) is 17.6. The van der Waals surface area contributed by atoms with Gasteiger partial charge in [-0.25, -0.2) is 0 Å². The molecule has 0 amide bonds. The molecule has 40 heavy (non-hydrogen) atoms. The highest BCUT2D eigenvalue weighted by Gasteiger charge is 2.26. The number of nitrogens with zero attached hydrogens (tertiary/aromatic N) is 3. The van der Waals surface area contributed by atoms with E-state index in [1.165, 1.54) is 28.6 Å². The van der Waals surface area contributed by atoms with Gasteiger partial charge in [0.1, 0.15) is 6.79 Å². The molecule has 2 aromatic heterocycles. The van der Waals surface area contributed by atoms with E-state index in [2.05, 4.69) is 20.9 Å². The average Bonchev–Trinajstić information content (AvgIpc) is 3.51. The van der Waals surface area contributed by atoms with Crippen LogP contribution in [0.1, 0.15) is 56.6 Å². The van der Waals surface area contributed by atoms with Gasteiger partial charge in [-0.15, -0.1) is 0 Å². The lowest BCUT2D eigenvalue weighted by Gasteiger charge is -2.06. The average molecular weight is 588 g/mol. The van der Waals surface area contributed by atoms with Gasteiger partial charge in [-0.3, -0.25) is 9.59 Å². The molecule has 0 saturated carbocycles. The van der Waals surface area contributed by atoms with Gasteiger partial charge in [0.15, 0.2) is 5.92 Å². The van der Waals surface area contributed by atoms with Crippen LogP contribution in [0, 0.1) is 25.2 Å². The van der Waals surface area contributed by atoms with Crippen LogP contribution in [0.2, 0.25) is 0 Å². The Morgan fingerprint density at radius 3 is 1.98 bits per heavy atom. The van der Waals surface area contributed by atoms with Crippen LogP contribution in [0.4, 0.5) is 0 Å². The van der Waals surface area contributed by atoms with Crippen LogP contribution in [0.3, 0.4) is 0 Å². The monoisotopic (exact) mass is 587 g/mol. The first-order valence-corrected chi connectivity index (χ1v) is 13.7. The summed E-state index contributed by atoms with van der Waals surface area (Å²) in [7, 11) is 0. The summed E-state index contributed by atoms with van der Waals surface area (Å²) in [5.41, 5.74) is 3.57. The molecule has 4 aromatic rings. The highest BCUT2D eigenvalue weighted by Crippen LogP contribution is 2.29. The summed E-state index contributed by atoms with van der Waals surface area (Å²) < 4.78 is 20.4. The number of aryl methyl sites for hydroxylation is 2. The quantitative estimate of drug-likeness (QED) is 0.272. The maximum atomic E-state index is 11.7. The van der Waals surface area contributed by atoms with E-state index in [9.17, 15) is 9.59 Å². The van der Waals surface area contributed by atoms with Crippen LogP contribution in [0.25, 0.3) is 20.2 Å². The molecule has 1 N–H and O–H groups in total. The molecule has 0 saturated heterocycles. The zero-order valence-electron chi connectivity index (χ0n) is 22.7. The molecule has 11 heteroatoms. The van der Waals surface area contributed by atoms with Gasteiger partial charge in [0.2, 0.25) is 0 Å². The van der Waals surface area contributed by atoms with Crippen LogP contribution >= 0.6 is 23.1 Å². The van der Waals surface area contributed by atoms with E-state index in [0.717, 1.165) is 31.4 Å². The first-order valence-electron chi connectivity index (χ1n) is 12.1. The van der Waals surface area contributed by atoms with Gasteiger partial charge in [0.05, 0.1) is 46.5 Å². The maximum absolute atomic E-state index is 11.7. The van der Waals surface area contributed by atoms with Crippen LogP contribution in [0.5, 0.6) is 0 Å². The molecule has 0 radical (unpaired) electrons. The molecular formula is C29H37N3O6S2. The Morgan fingerprint density at radius 1 is 0.950 bits per heavy atom. The fourth-order valence-corrected chi connectivity index (χ4v) is 4.88. The number of aliphatic hydroxyl groups excluding tert-OH is 1. The lowest BCUT2D eigenvalue weighted by Crippen LogP contribution is -2.14. The van der Waals surface area contributed by atoms with Crippen molar-refractivity contribution < 1.29 is 29.0 Å². The molecule has 0 fully saturated rings. The van der Waals surface area contributed by atoms with Crippen LogP contribution in [-0.2, 0) is 30.3 Å². The van der Waals surface area contributed by atoms with E-state index in [4.69, 9.17) is 24.6 Å². The highest BCUT2D eigenvalue weighted by molar-refractivity contribution is 7.13. The van der Waals surface area contributed by atoms with E-state index < -0.39 is 11.9 Å². The second kappa shape index (κ2) is 19.4. The molecular weight excluding hydrogens is 550 g/mol. The first kappa shape index (κ1) is 36.3. The number of fused-ring (bicyclic) bond motifs is 2. The SMILES string of the molecule is C.C=O.CCO.CCOC(=O)C(C#N)c1nsc2ccc(C)cc12.CCOC(=O)Cc1nsc2ccc(C)cc12. The van der Waals surface area contributed by atoms with Crippen LogP contribution in [-0.4, -0.2) is 52.4 Å². The summed E-state index contributed by atoms with van der Waals surface area (Å²) in [5.74, 6) is -1.69.